The van der Waals surface area contributed by atoms with Crippen LogP contribution < -0.4 is 0 Å². The molecule has 2 atom stereocenters. The summed E-state index contributed by atoms with van der Waals surface area (Å²) in [6.45, 7) is 3.29. The lowest BCUT2D eigenvalue weighted by atomic mass is 9.67. The third-order valence-electron chi connectivity index (χ3n) is 6.76. The summed E-state index contributed by atoms with van der Waals surface area (Å²) in [4.78, 5) is 50.4. The molecule has 0 aromatic heterocycles. The van der Waals surface area contributed by atoms with Gasteiger partial charge in [0.25, 0.3) is 0 Å². The summed E-state index contributed by atoms with van der Waals surface area (Å²) in [6, 6.07) is 0. The molecule has 140 valence electrons. The molecule has 3 aliphatic carbocycles. The van der Waals surface area contributed by atoms with Crippen LogP contribution in [0.2, 0.25) is 0 Å². The van der Waals surface area contributed by atoms with Crippen LogP contribution in [0.15, 0.2) is 23.3 Å². The van der Waals surface area contributed by atoms with Crippen molar-refractivity contribution in [3.05, 3.63) is 23.3 Å². The zero-order valence-electron chi connectivity index (χ0n) is 15.4. The summed E-state index contributed by atoms with van der Waals surface area (Å²) in [5, 5.41) is 0. The molecule has 3 rings (SSSR count). The number of methoxy groups -OCH3 is 4. The standard InChI is InChI=1S/C18H20O8/c1-15-9(11(19)23-3)7-17(13(21)25-5)16(15,2)18(17,14(22)26-6)8-10(15)12(20)24-4/h7-8H,1-6H3. The van der Waals surface area contributed by atoms with Gasteiger partial charge in [-0.25, -0.2) is 9.59 Å². The molecule has 0 spiro atoms. The van der Waals surface area contributed by atoms with Crippen molar-refractivity contribution >= 4 is 23.9 Å². The molecule has 1 fully saturated rings. The minimum Gasteiger partial charge on any atom is -0.468 e. The number of rotatable bonds is 4. The number of esters is 4. The molecule has 0 bridgehead atoms. The van der Waals surface area contributed by atoms with E-state index in [1.807, 2.05) is 0 Å². The molecule has 0 N–H and O–H groups in total. The molecule has 0 aromatic rings. The smallest absolute Gasteiger partial charge is 0.334 e. The molecular formula is C18H20O8. The highest BCUT2D eigenvalue weighted by molar-refractivity contribution is 6.12. The van der Waals surface area contributed by atoms with Crippen LogP contribution >= 0.6 is 0 Å². The Morgan fingerprint density at radius 3 is 1.31 bits per heavy atom. The molecule has 0 saturated heterocycles. The quantitative estimate of drug-likeness (QED) is 0.526. The summed E-state index contributed by atoms with van der Waals surface area (Å²) in [5.74, 6) is -2.76. The van der Waals surface area contributed by atoms with Crippen molar-refractivity contribution in [1.29, 1.82) is 0 Å². The van der Waals surface area contributed by atoms with Crippen molar-refractivity contribution in [2.24, 2.45) is 21.7 Å². The fraction of sp³-hybridized carbons (Fsp3) is 0.556. The van der Waals surface area contributed by atoms with Gasteiger partial charge in [-0.1, -0.05) is 26.0 Å². The first-order valence-electron chi connectivity index (χ1n) is 7.92. The van der Waals surface area contributed by atoms with E-state index < -0.39 is 45.5 Å². The first-order valence-corrected chi connectivity index (χ1v) is 7.92. The molecule has 1 saturated carbocycles. The maximum absolute atomic E-state index is 12.8. The lowest BCUT2D eigenvalue weighted by Crippen LogP contribution is -2.37. The Labute approximate surface area is 150 Å². The van der Waals surface area contributed by atoms with Gasteiger partial charge in [0.2, 0.25) is 0 Å². The van der Waals surface area contributed by atoms with E-state index in [2.05, 4.69) is 0 Å². The average Bonchev–Trinajstić information content (AvgIpc) is 2.98. The van der Waals surface area contributed by atoms with Gasteiger partial charge in [0, 0.05) is 22.0 Å². The maximum Gasteiger partial charge on any atom is 0.334 e. The van der Waals surface area contributed by atoms with E-state index in [9.17, 15) is 19.2 Å². The van der Waals surface area contributed by atoms with Gasteiger partial charge in [0.1, 0.15) is 10.8 Å². The lowest BCUT2D eigenvalue weighted by Gasteiger charge is -2.33. The van der Waals surface area contributed by atoms with Crippen molar-refractivity contribution in [2.45, 2.75) is 13.8 Å². The normalized spacial score (nSPS) is 38.5. The SMILES string of the molecule is COC(=O)C1=CC2(C(=O)OC)C3(C(=O)OC)C=C(C(=O)OC)C1(C)C23C. The molecule has 26 heavy (non-hydrogen) atoms. The molecule has 0 aliphatic heterocycles. The Morgan fingerprint density at radius 2 is 1.04 bits per heavy atom. The Morgan fingerprint density at radius 1 is 0.692 bits per heavy atom. The Balaban J connectivity index is 2.39. The van der Waals surface area contributed by atoms with E-state index in [4.69, 9.17) is 18.9 Å². The van der Waals surface area contributed by atoms with Gasteiger partial charge in [0.15, 0.2) is 0 Å². The van der Waals surface area contributed by atoms with E-state index in [1.54, 1.807) is 13.8 Å². The van der Waals surface area contributed by atoms with Crippen LogP contribution in [-0.2, 0) is 38.1 Å². The van der Waals surface area contributed by atoms with Gasteiger partial charge < -0.3 is 18.9 Å². The van der Waals surface area contributed by atoms with E-state index in [0.717, 1.165) is 0 Å². The van der Waals surface area contributed by atoms with Crippen LogP contribution in [0.1, 0.15) is 13.8 Å². The van der Waals surface area contributed by atoms with E-state index in [-0.39, 0.29) is 11.1 Å². The topological polar surface area (TPSA) is 105 Å². The second-order valence-electron chi connectivity index (χ2n) is 6.95. The first-order chi connectivity index (χ1) is 12.1. The second-order valence-corrected chi connectivity index (χ2v) is 6.95. The van der Waals surface area contributed by atoms with Gasteiger partial charge in [-0.05, 0) is 0 Å². The number of hydrogen-bond donors (Lipinski definition) is 0. The van der Waals surface area contributed by atoms with Crippen LogP contribution in [0.4, 0.5) is 0 Å². The predicted octanol–water partition coefficient (Wildman–Crippen LogP) is 0.557. The van der Waals surface area contributed by atoms with Crippen molar-refractivity contribution in [1.82, 2.24) is 0 Å². The Bertz CT molecular complexity index is 759. The van der Waals surface area contributed by atoms with Gasteiger partial charge in [-0.15, -0.1) is 0 Å². The van der Waals surface area contributed by atoms with E-state index in [0.29, 0.717) is 0 Å². The molecule has 0 aromatic carbocycles. The molecule has 8 heteroatoms. The predicted molar refractivity (Wildman–Crippen MR) is 85.3 cm³/mol. The highest BCUT2D eigenvalue weighted by Crippen LogP contribution is 2.94. The molecular weight excluding hydrogens is 344 g/mol. The Hall–Kier alpha value is -2.64. The molecule has 3 aliphatic rings. The van der Waals surface area contributed by atoms with Gasteiger partial charge >= 0.3 is 23.9 Å². The third kappa shape index (κ3) is 1.34. The summed E-state index contributed by atoms with van der Waals surface area (Å²) in [5.41, 5.74) is -5.14. The molecule has 2 unspecified atom stereocenters. The van der Waals surface area contributed by atoms with E-state index >= 15 is 0 Å². The summed E-state index contributed by atoms with van der Waals surface area (Å²) in [6.07, 6.45) is 2.79. The molecule has 0 heterocycles. The number of ether oxygens (including phenoxy) is 4. The summed E-state index contributed by atoms with van der Waals surface area (Å²) in [7, 11) is 4.80. The molecule has 8 nitrogen and oxygen atoms in total. The van der Waals surface area contributed by atoms with Gasteiger partial charge in [-0.3, -0.25) is 9.59 Å². The Kier molecular flexibility index (Phi) is 3.46. The number of carbonyl (C=O) groups is 4. The lowest BCUT2D eigenvalue weighted by molar-refractivity contribution is -0.153. The van der Waals surface area contributed by atoms with Crippen molar-refractivity contribution < 1.29 is 38.1 Å². The largest absolute Gasteiger partial charge is 0.468 e. The third-order valence-corrected chi connectivity index (χ3v) is 6.76. The van der Waals surface area contributed by atoms with Crippen LogP contribution in [0.3, 0.4) is 0 Å². The molecule has 0 amide bonds. The highest BCUT2D eigenvalue weighted by atomic mass is 16.5. The second kappa shape index (κ2) is 4.96. The van der Waals surface area contributed by atoms with Gasteiger partial charge in [0.05, 0.1) is 28.4 Å². The summed E-state index contributed by atoms with van der Waals surface area (Å²) >= 11 is 0. The first kappa shape index (κ1) is 18.2. The highest BCUT2D eigenvalue weighted by Gasteiger charge is 3.01. The van der Waals surface area contributed by atoms with Crippen LogP contribution in [0.5, 0.6) is 0 Å². The zero-order chi connectivity index (χ0) is 19.7. The monoisotopic (exact) mass is 364 g/mol. The number of fused-ring (bicyclic) bond motifs is 1. The fourth-order valence-electron chi connectivity index (χ4n) is 5.40. The molecule has 0 radical (unpaired) electrons. The number of carbonyl (C=O) groups excluding carboxylic acids is 4. The van der Waals surface area contributed by atoms with E-state index in [1.165, 1.54) is 40.6 Å². The van der Waals surface area contributed by atoms with Gasteiger partial charge in [-0.2, -0.15) is 0 Å². The van der Waals surface area contributed by atoms with Crippen LogP contribution in [-0.4, -0.2) is 52.3 Å². The van der Waals surface area contributed by atoms with Crippen LogP contribution in [0.25, 0.3) is 0 Å². The van der Waals surface area contributed by atoms with Crippen molar-refractivity contribution in [3.63, 3.8) is 0 Å². The van der Waals surface area contributed by atoms with Crippen molar-refractivity contribution in [3.8, 4) is 0 Å². The average molecular weight is 364 g/mol. The zero-order valence-corrected chi connectivity index (χ0v) is 15.4. The maximum atomic E-state index is 12.8. The minimum absolute atomic E-state index is 0.113. The fourth-order valence-corrected chi connectivity index (χ4v) is 5.40. The van der Waals surface area contributed by atoms with Crippen molar-refractivity contribution in [2.75, 3.05) is 28.4 Å². The van der Waals surface area contributed by atoms with Crippen LogP contribution in [0, 0.1) is 21.7 Å². The number of hydrogen-bond acceptors (Lipinski definition) is 8. The summed E-state index contributed by atoms with van der Waals surface area (Å²) < 4.78 is 19.6. The minimum atomic E-state index is -1.46.